The lowest BCUT2D eigenvalue weighted by molar-refractivity contribution is 0.0753. The van der Waals surface area contributed by atoms with Crippen LogP contribution in [0.15, 0.2) is 35.8 Å². The second-order valence-electron chi connectivity index (χ2n) is 3.77. The summed E-state index contributed by atoms with van der Waals surface area (Å²) in [5, 5.41) is 1.98. The van der Waals surface area contributed by atoms with E-state index in [0.717, 1.165) is 4.88 Å². The zero-order valence-corrected chi connectivity index (χ0v) is 10.8. The minimum atomic E-state index is -0.576. The Morgan fingerprint density at radius 1 is 1.44 bits per heavy atom. The van der Waals surface area contributed by atoms with Gasteiger partial charge < -0.3 is 4.90 Å². The van der Waals surface area contributed by atoms with Gasteiger partial charge in [0.2, 0.25) is 5.95 Å². The van der Waals surface area contributed by atoms with Gasteiger partial charge in [0.25, 0.3) is 5.91 Å². The number of pyridine rings is 1. The summed E-state index contributed by atoms with van der Waals surface area (Å²) in [6.45, 7) is 3.10. The Balaban J connectivity index is 2.12. The van der Waals surface area contributed by atoms with Gasteiger partial charge in [-0.25, -0.2) is 4.98 Å². The number of halogens is 1. The van der Waals surface area contributed by atoms with E-state index in [1.165, 1.54) is 18.3 Å². The monoisotopic (exact) mass is 264 g/mol. The maximum Gasteiger partial charge on any atom is 0.255 e. The van der Waals surface area contributed by atoms with Crippen molar-refractivity contribution in [3.63, 3.8) is 0 Å². The molecule has 0 spiro atoms. The molecule has 0 fully saturated rings. The number of nitrogens with zero attached hydrogens (tertiary/aromatic N) is 2. The molecule has 0 unspecified atom stereocenters. The van der Waals surface area contributed by atoms with Crippen LogP contribution < -0.4 is 0 Å². The molecule has 2 rings (SSSR count). The molecule has 0 bridgehead atoms. The summed E-state index contributed by atoms with van der Waals surface area (Å²) in [7, 11) is 0. The summed E-state index contributed by atoms with van der Waals surface area (Å²) >= 11 is 1.61. The number of carbonyl (C=O) groups is 1. The first kappa shape index (κ1) is 12.7. The second kappa shape index (κ2) is 5.73. The number of hydrogen-bond donors (Lipinski definition) is 0. The number of hydrogen-bond acceptors (Lipinski definition) is 3. The van der Waals surface area contributed by atoms with Gasteiger partial charge in [0.1, 0.15) is 0 Å². The minimum absolute atomic E-state index is 0.126. The van der Waals surface area contributed by atoms with Crippen LogP contribution >= 0.6 is 11.3 Å². The Kier molecular flexibility index (Phi) is 4.04. The van der Waals surface area contributed by atoms with Gasteiger partial charge in [0.15, 0.2) is 0 Å². The number of aromatic nitrogens is 1. The maximum absolute atomic E-state index is 12.7. The molecule has 2 aromatic rings. The van der Waals surface area contributed by atoms with E-state index in [9.17, 15) is 9.18 Å². The Morgan fingerprint density at radius 2 is 2.28 bits per heavy atom. The molecule has 0 aliphatic heterocycles. The average molecular weight is 264 g/mol. The normalized spacial score (nSPS) is 10.3. The molecule has 94 valence electrons. The number of rotatable bonds is 4. The molecule has 2 heterocycles. The van der Waals surface area contributed by atoms with E-state index in [1.807, 2.05) is 24.4 Å². The third kappa shape index (κ3) is 2.92. The highest BCUT2D eigenvalue weighted by Gasteiger charge is 2.15. The van der Waals surface area contributed by atoms with E-state index >= 15 is 0 Å². The Hall–Kier alpha value is -1.75. The fourth-order valence-corrected chi connectivity index (χ4v) is 2.32. The molecule has 0 saturated carbocycles. The summed E-state index contributed by atoms with van der Waals surface area (Å²) in [4.78, 5) is 18.5. The molecule has 0 saturated heterocycles. The minimum Gasteiger partial charge on any atom is -0.334 e. The molecule has 0 N–H and O–H groups in total. The van der Waals surface area contributed by atoms with Crippen molar-refractivity contribution in [2.24, 2.45) is 0 Å². The second-order valence-corrected chi connectivity index (χ2v) is 4.80. The van der Waals surface area contributed by atoms with E-state index in [2.05, 4.69) is 4.98 Å². The van der Waals surface area contributed by atoms with Crippen molar-refractivity contribution in [1.29, 1.82) is 0 Å². The van der Waals surface area contributed by atoms with Crippen molar-refractivity contribution >= 4 is 17.2 Å². The topological polar surface area (TPSA) is 33.2 Å². The van der Waals surface area contributed by atoms with Crippen LogP contribution in [0.2, 0.25) is 0 Å². The lowest BCUT2D eigenvalue weighted by Crippen LogP contribution is -2.30. The van der Waals surface area contributed by atoms with Crippen molar-refractivity contribution in [3.8, 4) is 0 Å². The maximum atomic E-state index is 12.7. The molecule has 1 amide bonds. The van der Waals surface area contributed by atoms with Crippen LogP contribution in [0.4, 0.5) is 4.39 Å². The van der Waals surface area contributed by atoms with Crippen LogP contribution in [-0.4, -0.2) is 22.3 Å². The van der Waals surface area contributed by atoms with Crippen LogP contribution in [0, 0.1) is 5.95 Å². The standard InChI is InChI=1S/C13H13FN2OS/c1-2-16(9-11-4-3-7-18-11)13(17)10-5-6-12(14)15-8-10/h3-8H,2,9H2,1H3. The first-order chi connectivity index (χ1) is 8.70. The lowest BCUT2D eigenvalue weighted by atomic mass is 10.2. The molecule has 0 radical (unpaired) electrons. The average Bonchev–Trinajstić information content (AvgIpc) is 2.89. The molecule has 5 heteroatoms. The van der Waals surface area contributed by atoms with E-state index in [-0.39, 0.29) is 5.91 Å². The van der Waals surface area contributed by atoms with Gasteiger partial charge in [0, 0.05) is 17.6 Å². The molecule has 2 aromatic heterocycles. The summed E-state index contributed by atoms with van der Waals surface area (Å²) in [5.41, 5.74) is 0.412. The molecule has 0 aliphatic carbocycles. The highest BCUT2D eigenvalue weighted by atomic mass is 32.1. The molecular formula is C13H13FN2OS. The van der Waals surface area contributed by atoms with Gasteiger partial charge in [-0.15, -0.1) is 11.3 Å². The molecule has 0 aliphatic rings. The van der Waals surface area contributed by atoms with Crippen LogP contribution in [0.3, 0.4) is 0 Å². The zero-order chi connectivity index (χ0) is 13.0. The van der Waals surface area contributed by atoms with Gasteiger partial charge in [0.05, 0.1) is 12.1 Å². The fraction of sp³-hybridized carbons (Fsp3) is 0.231. The highest BCUT2D eigenvalue weighted by molar-refractivity contribution is 7.09. The van der Waals surface area contributed by atoms with Crippen LogP contribution in [0.1, 0.15) is 22.2 Å². The van der Waals surface area contributed by atoms with Crippen LogP contribution in [0.25, 0.3) is 0 Å². The van der Waals surface area contributed by atoms with E-state index in [1.54, 1.807) is 16.2 Å². The van der Waals surface area contributed by atoms with Gasteiger partial charge in [-0.05, 0) is 30.5 Å². The first-order valence-electron chi connectivity index (χ1n) is 5.64. The first-order valence-corrected chi connectivity index (χ1v) is 6.52. The smallest absolute Gasteiger partial charge is 0.255 e. The SMILES string of the molecule is CCN(Cc1cccs1)C(=O)c1ccc(F)nc1. The quantitative estimate of drug-likeness (QED) is 0.795. The summed E-state index contributed by atoms with van der Waals surface area (Å²) in [6.07, 6.45) is 1.27. The van der Waals surface area contributed by atoms with E-state index in [4.69, 9.17) is 0 Å². The predicted molar refractivity (Wildman–Crippen MR) is 68.9 cm³/mol. The van der Waals surface area contributed by atoms with Crippen LogP contribution in [-0.2, 0) is 6.54 Å². The molecule has 0 atom stereocenters. The third-order valence-corrected chi connectivity index (χ3v) is 3.43. The summed E-state index contributed by atoms with van der Waals surface area (Å²) in [6, 6.07) is 6.61. The fourth-order valence-electron chi connectivity index (χ4n) is 1.60. The third-order valence-electron chi connectivity index (χ3n) is 2.57. The largest absolute Gasteiger partial charge is 0.334 e. The summed E-state index contributed by atoms with van der Waals surface area (Å²) in [5.74, 6) is -0.703. The molecule has 3 nitrogen and oxygen atoms in total. The van der Waals surface area contributed by atoms with Crippen molar-refractivity contribution in [3.05, 3.63) is 52.2 Å². The lowest BCUT2D eigenvalue weighted by Gasteiger charge is -2.19. The number of carbonyl (C=O) groups excluding carboxylic acids is 1. The Labute approximate surface area is 109 Å². The number of amides is 1. The van der Waals surface area contributed by atoms with Crippen molar-refractivity contribution in [2.45, 2.75) is 13.5 Å². The molecule has 18 heavy (non-hydrogen) atoms. The molecule has 0 aromatic carbocycles. The Bertz CT molecular complexity index is 510. The molecular weight excluding hydrogens is 251 g/mol. The summed E-state index contributed by atoms with van der Waals surface area (Å²) < 4.78 is 12.7. The van der Waals surface area contributed by atoms with Gasteiger partial charge in [-0.1, -0.05) is 6.07 Å². The van der Waals surface area contributed by atoms with Crippen LogP contribution in [0.5, 0.6) is 0 Å². The van der Waals surface area contributed by atoms with Crippen molar-refractivity contribution in [2.75, 3.05) is 6.54 Å². The van der Waals surface area contributed by atoms with Gasteiger partial charge in [-0.2, -0.15) is 4.39 Å². The predicted octanol–water partition coefficient (Wildman–Crippen LogP) is 2.94. The van der Waals surface area contributed by atoms with E-state index in [0.29, 0.717) is 18.7 Å². The highest BCUT2D eigenvalue weighted by Crippen LogP contribution is 2.14. The van der Waals surface area contributed by atoms with Gasteiger partial charge in [-0.3, -0.25) is 4.79 Å². The number of thiophene rings is 1. The van der Waals surface area contributed by atoms with Gasteiger partial charge >= 0.3 is 0 Å². The van der Waals surface area contributed by atoms with Crippen molar-refractivity contribution in [1.82, 2.24) is 9.88 Å². The zero-order valence-electron chi connectivity index (χ0n) is 9.97. The van der Waals surface area contributed by atoms with E-state index < -0.39 is 5.95 Å². The van der Waals surface area contributed by atoms with Crippen molar-refractivity contribution < 1.29 is 9.18 Å². The Morgan fingerprint density at radius 3 is 2.83 bits per heavy atom.